The Hall–Kier alpha value is -2.62. The van der Waals surface area contributed by atoms with E-state index in [1.54, 1.807) is 0 Å². The lowest BCUT2D eigenvalue weighted by Gasteiger charge is -2.36. The second-order valence-corrected chi connectivity index (χ2v) is 8.56. The van der Waals surface area contributed by atoms with Crippen LogP contribution < -0.4 is 31.1 Å². The number of hydrogen-bond acceptors (Lipinski definition) is 16. The van der Waals surface area contributed by atoms with Crippen LogP contribution in [0.4, 0.5) is 0 Å². The molecule has 0 bridgehead atoms. The van der Waals surface area contributed by atoms with Crippen LogP contribution in [0, 0.1) is 0 Å². The molecule has 0 aliphatic heterocycles. The van der Waals surface area contributed by atoms with Crippen LogP contribution in [-0.2, 0) is 61.9 Å². The summed E-state index contributed by atoms with van der Waals surface area (Å²) in [5.74, 6) is -1.34. The average Bonchev–Trinajstić information content (AvgIpc) is 3.04. The molecule has 0 atom stereocenters. The predicted octanol–water partition coefficient (Wildman–Crippen LogP) is -5.08. The van der Waals surface area contributed by atoms with Crippen molar-refractivity contribution in [3.63, 3.8) is 0 Å². The minimum atomic E-state index is -5.39. The number of quaternary nitrogens is 3. The summed E-state index contributed by atoms with van der Waals surface area (Å²) in [4.78, 5) is 71.2. The second kappa shape index (κ2) is 43.4. The lowest BCUT2D eigenvalue weighted by Crippen LogP contribution is -2.84. The molecule has 0 saturated heterocycles. The molecule has 20 heteroatoms. The maximum Gasteiger partial charge on any atom is 0.389 e. The van der Waals surface area contributed by atoms with E-state index in [-0.39, 0.29) is 0 Å². The minimum absolute atomic E-state index is 0.445. The van der Waals surface area contributed by atoms with E-state index in [1.807, 2.05) is 20.8 Å². The average molecular weight is 708 g/mol. The lowest BCUT2D eigenvalue weighted by molar-refractivity contribution is -0.872. The quantitative estimate of drug-likeness (QED) is 0.0312. The Balaban J connectivity index is -0.000000275. The molecule has 0 aliphatic carbocycles. The van der Waals surface area contributed by atoms with E-state index in [2.05, 4.69) is 34.2 Å². The number of hydrogen-bond donors (Lipinski definition) is 3. The van der Waals surface area contributed by atoms with E-state index in [1.165, 1.54) is 16.4 Å². The van der Waals surface area contributed by atoms with Crippen LogP contribution in [0.25, 0.3) is 0 Å². The molecule has 0 aromatic heterocycles. The summed E-state index contributed by atoms with van der Waals surface area (Å²) >= 11 is 0. The lowest BCUT2D eigenvalue weighted by atomic mass is 10.7. The molecular formula is C27H54N3O16P. The van der Waals surface area contributed by atoms with Crippen molar-refractivity contribution in [2.24, 2.45) is 0 Å². The summed E-state index contributed by atoms with van der Waals surface area (Å²) in [6, 6.07) is 0. The Morgan fingerprint density at radius 1 is 0.511 bits per heavy atom. The van der Waals surface area contributed by atoms with E-state index >= 15 is 0 Å². The molecule has 0 spiro atoms. The number of phosphoric acid groups is 1. The van der Waals surface area contributed by atoms with Crippen LogP contribution in [0.5, 0.6) is 0 Å². The molecule has 0 aliphatic rings. The number of ether oxygens (including phenoxy) is 6. The Morgan fingerprint density at radius 2 is 0.723 bits per heavy atom. The van der Waals surface area contributed by atoms with E-state index in [0.29, 0.717) is 98.9 Å². The number of nitrogens with two attached hydrogens (primary N) is 3. The van der Waals surface area contributed by atoms with Gasteiger partial charge in [0.25, 0.3) is 0 Å². The molecule has 47 heavy (non-hydrogen) atoms. The van der Waals surface area contributed by atoms with Gasteiger partial charge in [0, 0.05) is 38.0 Å². The summed E-state index contributed by atoms with van der Waals surface area (Å²) in [6.45, 7) is 24.5. The van der Waals surface area contributed by atoms with E-state index < -0.39 is 25.7 Å². The van der Waals surface area contributed by atoms with Crippen molar-refractivity contribution in [3.05, 3.63) is 38.0 Å². The van der Waals surface area contributed by atoms with Gasteiger partial charge in [0.15, 0.2) is 0 Å². The van der Waals surface area contributed by atoms with Crippen LogP contribution in [0.2, 0.25) is 0 Å². The van der Waals surface area contributed by atoms with E-state index in [0.717, 1.165) is 18.2 Å². The Morgan fingerprint density at radius 3 is 0.915 bits per heavy atom. The van der Waals surface area contributed by atoms with E-state index in [4.69, 9.17) is 47.7 Å². The fourth-order valence-corrected chi connectivity index (χ4v) is 2.05. The number of rotatable bonds is 27. The molecule has 0 aromatic rings. The topological polar surface area (TPSA) is 270 Å². The molecule has 0 heterocycles. The maximum absolute atomic E-state index is 10.6. The summed E-state index contributed by atoms with van der Waals surface area (Å²) in [6.07, 6.45) is 3.35. The standard InChI is InChI=1S/3C9H17NO4.H3O4P/c3*1-3-9(11)14-10-5-6-13-8-7-12-4-2;1-5(2,3)4/h3*3,10H,1,4-8H2,2H3;(H3,1,2,3,4). The van der Waals surface area contributed by atoms with Crippen molar-refractivity contribution in [1.82, 2.24) is 0 Å². The third kappa shape index (κ3) is 66.7. The largest absolute Gasteiger partial charge is 0.822 e. The molecule has 0 amide bonds. The maximum atomic E-state index is 10.6. The van der Waals surface area contributed by atoms with Gasteiger partial charge in [-0.2, -0.15) is 24.3 Å². The molecular weight excluding hydrogens is 653 g/mol. The zero-order chi connectivity index (χ0) is 36.4. The van der Waals surface area contributed by atoms with Gasteiger partial charge in [-0.1, -0.05) is 19.7 Å². The van der Waals surface area contributed by atoms with Crippen molar-refractivity contribution < 1.29 is 93.0 Å². The third-order valence-electron chi connectivity index (χ3n) is 3.97. The first-order chi connectivity index (χ1) is 22.4. The first-order valence-corrected chi connectivity index (χ1v) is 16.0. The van der Waals surface area contributed by atoms with Gasteiger partial charge in [0.2, 0.25) is 0 Å². The molecule has 0 unspecified atom stereocenters. The van der Waals surface area contributed by atoms with Gasteiger partial charge < -0.3 is 47.7 Å². The zero-order valence-electron chi connectivity index (χ0n) is 27.7. The fourth-order valence-electron chi connectivity index (χ4n) is 2.05. The number of hydroxylamine groups is 3. The van der Waals surface area contributed by atoms with Gasteiger partial charge in [-0.25, -0.2) is 14.4 Å². The number of carbonyl (C=O) groups is 3. The SMILES string of the molecule is C=CC(=O)O[NH2+]CCOCCOCC.C=CC(=O)O[NH2+]CCOCCOCC.C=CC(=O)O[NH2+]CCOCCOCC.O=P([O-])([O-])[O-]. The predicted molar refractivity (Wildman–Crippen MR) is 159 cm³/mol. The van der Waals surface area contributed by atoms with Crippen LogP contribution in [-0.4, -0.2) is 117 Å². The highest BCUT2D eigenvalue weighted by molar-refractivity contribution is 7.40. The summed E-state index contributed by atoms with van der Waals surface area (Å²) in [5, 5.41) is 0. The molecule has 0 saturated carbocycles. The van der Waals surface area contributed by atoms with Crippen LogP contribution >= 0.6 is 7.82 Å². The van der Waals surface area contributed by atoms with Crippen molar-refractivity contribution in [2.75, 3.05) is 98.9 Å². The van der Waals surface area contributed by atoms with Crippen LogP contribution in [0.1, 0.15) is 20.8 Å². The summed E-state index contributed by atoms with van der Waals surface area (Å²) in [5.41, 5.74) is 4.22. The highest BCUT2D eigenvalue weighted by Gasteiger charge is 1.99. The monoisotopic (exact) mass is 707 g/mol. The molecule has 0 radical (unpaired) electrons. The second-order valence-electron chi connectivity index (χ2n) is 7.66. The van der Waals surface area contributed by atoms with Crippen LogP contribution in [0.3, 0.4) is 0 Å². The Kier molecular flexibility index (Phi) is 47.3. The van der Waals surface area contributed by atoms with Gasteiger partial charge in [-0.05, 0) is 20.8 Å². The summed E-state index contributed by atoms with van der Waals surface area (Å²) < 4.78 is 39.3. The van der Waals surface area contributed by atoms with Gasteiger partial charge in [0.1, 0.15) is 19.6 Å². The highest BCUT2D eigenvalue weighted by atomic mass is 31.2. The molecule has 0 aromatic carbocycles. The van der Waals surface area contributed by atoms with Gasteiger partial charge >= 0.3 is 17.9 Å². The smallest absolute Gasteiger partial charge is 0.389 e. The molecule has 0 rings (SSSR count). The highest BCUT2D eigenvalue weighted by Crippen LogP contribution is 2.03. The molecule has 6 N–H and O–H groups in total. The van der Waals surface area contributed by atoms with Gasteiger partial charge in [0.05, 0.1) is 59.5 Å². The van der Waals surface area contributed by atoms with Crippen molar-refractivity contribution in [1.29, 1.82) is 0 Å². The Bertz CT molecular complexity index is 708. The fraction of sp³-hybridized carbons (Fsp3) is 0.667. The molecule has 278 valence electrons. The Labute approximate surface area is 276 Å². The molecule has 19 nitrogen and oxygen atoms in total. The summed E-state index contributed by atoms with van der Waals surface area (Å²) in [7, 11) is -5.39. The third-order valence-corrected chi connectivity index (χ3v) is 3.97. The molecule has 0 fully saturated rings. The first kappa shape index (κ1) is 51.2. The van der Waals surface area contributed by atoms with Gasteiger partial charge in [-0.15, -0.1) is 0 Å². The first-order valence-electron chi connectivity index (χ1n) is 14.6. The van der Waals surface area contributed by atoms with Gasteiger partial charge in [-0.3, -0.25) is 14.5 Å². The number of carbonyl (C=O) groups excluding carboxylic acids is 3. The van der Waals surface area contributed by atoms with Crippen LogP contribution in [0.15, 0.2) is 38.0 Å². The zero-order valence-corrected chi connectivity index (χ0v) is 28.6. The van der Waals surface area contributed by atoms with E-state index in [9.17, 15) is 14.4 Å². The minimum Gasteiger partial charge on any atom is -0.822 e. The van der Waals surface area contributed by atoms with Crippen molar-refractivity contribution in [3.8, 4) is 0 Å². The van der Waals surface area contributed by atoms with Crippen molar-refractivity contribution in [2.45, 2.75) is 20.8 Å². The van der Waals surface area contributed by atoms with Crippen molar-refractivity contribution >= 4 is 25.7 Å². The normalized spacial score (nSPS) is 10.0.